The Hall–Kier alpha value is -1.17. The minimum atomic E-state index is -0.378. The summed E-state index contributed by atoms with van der Waals surface area (Å²) < 4.78 is 0. The van der Waals surface area contributed by atoms with E-state index in [9.17, 15) is 9.59 Å². The summed E-state index contributed by atoms with van der Waals surface area (Å²) in [7, 11) is 0. The fraction of sp³-hybridized carbons (Fsp3) is 0.727. The monoisotopic (exact) mass is 195 g/mol. The summed E-state index contributed by atoms with van der Waals surface area (Å²) in [6, 6.07) is 0. The van der Waals surface area contributed by atoms with Crippen molar-refractivity contribution in [1.29, 1.82) is 0 Å². The lowest BCUT2D eigenvalue weighted by atomic mass is 9.97. The second-order valence-electron chi connectivity index (χ2n) is 4.20. The molecule has 0 spiro atoms. The van der Waals surface area contributed by atoms with Crippen molar-refractivity contribution in [1.82, 2.24) is 0 Å². The van der Waals surface area contributed by atoms with Crippen molar-refractivity contribution >= 4 is 11.6 Å². The summed E-state index contributed by atoms with van der Waals surface area (Å²) in [5.41, 5.74) is -0.378. The van der Waals surface area contributed by atoms with Gasteiger partial charge in [0.2, 0.25) is 5.54 Å². The fourth-order valence-electron chi connectivity index (χ4n) is 1.14. The number of ketones is 2. The Bertz CT molecular complexity index is 261. The van der Waals surface area contributed by atoms with Gasteiger partial charge in [0.15, 0.2) is 0 Å². The molecule has 0 N–H and O–H groups in total. The molecule has 0 aliphatic carbocycles. The first-order chi connectivity index (χ1) is 6.37. The predicted octanol–water partition coefficient (Wildman–Crippen LogP) is 2.40. The molecule has 78 valence electrons. The van der Waals surface area contributed by atoms with Crippen LogP contribution in [0.4, 0.5) is 0 Å². The minimum Gasteiger partial charge on any atom is -0.311 e. The molecule has 0 rings (SSSR count). The van der Waals surface area contributed by atoms with Crippen LogP contribution in [-0.4, -0.2) is 17.1 Å². The van der Waals surface area contributed by atoms with Crippen LogP contribution >= 0.6 is 0 Å². The zero-order chi connectivity index (χ0) is 11.2. The third kappa shape index (κ3) is 6.36. The number of rotatable bonds is 6. The smallest absolute Gasteiger partial charge is 0.227 e. The van der Waals surface area contributed by atoms with E-state index in [1.165, 1.54) is 6.92 Å². The van der Waals surface area contributed by atoms with Crippen LogP contribution in [0.2, 0.25) is 0 Å². The molecule has 14 heavy (non-hydrogen) atoms. The summed E-state index contributed by atoms with van der Waals surface area (Å²) >= 11 is 0. The quantitative estimate of drug-likeness (QED) is 0.482. The maximum Gasteiger partial charge on any atom is 0.227 e. The third-order valence-corrected chi connectivity index (χ3v) is 1.99. The van der Waals surface area contributed by atoms with Gasteiger partial charge in [0, 0.05) is 26.7 Å². The summed E-state index contributed by atoms with van der Waals surface area (Å²) in [6.07, 6.45) is 1.86. The highest BCUT2D eigenvalue weighted by molar-refractivity contribution is 5.97. The Morgan fingerprint density at radius 2 is 1.93 bits per heavy atom. The van der Waals surface area contributed by atoms with Crippen molar-refractivity contribution in [3.63, 3.8) is 0 Å². The van der Waals surface area contributed by atoms with Gasteiger partial charge in [-0.3, -0.25) is 9.59 Å². The van der Waals surface area contributed by atoms with Gasteiger partial charge in [0.05, 0.1) is 6.42 Å². The largest absolute Gasteiger partial charge is 0.311 e. The molecular formula is C11H17NO2. The zero-order valence-electron chi connectivity index (χ0n) is 9.09. The number of carbonyl (C=O) groups excluding carboxylic acids is 2. The molecule has 0 heterocycles. The second kappa shape index (κ2) is 5.54. The van der Waals surface area contributed by atoms with Crippen molar-refractivity contribution in [2.75, 3.05) is 0 Å². The summed E-state index contributed by atoms with van der Waals surface area (Å²) in [4.78, 5) is 25.2. The van der Waals surface area contributed by atoms with Crippen LogP contribution in [0.15, 0.2) is 0 Å². The number of carbonyl (C=O) groups is 2. The number of Topliss-reactive ketones (excluding diaryl/α,β-unsaturated/α-hetero) is 2. The van der Waals surface area contributed by atoms with E-state index >= 15 is 0 Å². The van der Waals surface area contributed by atoms with E-state index in [4.69, 9.17) is 6.57 Å². The Morgan fingerprint density at radius 1 is 1.36 bits per heavy atom. The molecule has 0 atom stereocenters. The molecule has 0 radical (unpaired) electrons. The molecule has 0 unspecified atom stereocenters. The lowest BCUT2D eigenvalue weighted by Gasteiger charge is -2.09. The van der Waals surface area contributed by atoms with E-state index in [2.05, 4.69) is 4.85 Å². The average molecular weight is 195 g/mol. The molecule has 0 aromatic carbocycles. The van der Waals surface area contributed by atoms with Gasteiger partial charge in [0.1, 0.15) is 11.6 Å². The Morgan fingerprint density at radius 3 is 2.36 bits per heavy atom. The lowest BCUT2D eigenvalue weighted by molar-refractivity contribution is -0.125. The van der Waals surface area contributed by atoms with Crippen LogP contribution in [0.25, 0.3) is 4.85 Å². The first-order valence-electron chi connectivity index (χ1n) is 4.77. The van der Waals surface area contributed by atoms with Crippen LogP contribution < -0.4 is 0 Å². The van der Waals surface area contributed by atoms with Crippen molar-refractivity contribution in [3.05, 3.63) is 11.4 Å². The molecule has 0 aliphatic heterocycles. The molecule has 3 nitrogen and oxygen atoms in total. The Kier molecular flexibility index (Phi) is 5.07. The normalized spacial score (nSPS) is 10.7. The minimum absolute atomic E-state index is 0.0155. The third-order valence-electron chi connectivity index (χ3n) is 1.99. The van der Waals surface area contributed by atoms with E-state index < -0.39 is 0 Å². The van der Waals surface area contributed by atoms with Crippen LogP contribution in [0.5, 0.6) is 0 Å². The van der Waals surface area contributed by atoms with E-state index in [0.717, 1.165) is 0 Å². The molecule has 0 aromatic rings. The molecule has 0 amide bonds. The number of nitrogens with zero attached hydrogens (tertiary/aromatic N) is 1. The molecule has 0 aromatic heterocycles. The predicted molar refractivity (Wildman–Crippen MR) is 54.8 cm³/mol. The van der Waals surface area contributed by atoms with E-state index in [1.54, 1.807) is 0 Å². The molecule has 0 bridgehead atoms. The van der Waals surface area contributed by atoms with E-state index in [-0.39, 0.29) is 23.5 Å². The van der Waals surface area contributed by atoms with Crippen molar-refractivity contribution in [3.8, 4) is 0 Å². The summed E-state index contributed by atoms with van der Waals surface area (Å²) in [6.45, 7) is 12.0. The van der Waals surface area contributed by atoms with Gasteiger partial charge in [-0.05, 0) is 13.3 Å². The van der Waals surface area contributed by atoms with Gasteiger partial charge in [-0.1, -0.05) is 0 Å². The number of hydrogen-bond acceptors (Lipinski definition) is 2. The molecule has 3 heteroatoms. The van der Waals surface area contributed by atoms with Crippen LogP contribution in [0, 0.1) is 6.57 Å². The average Bonchev–Trinajstić information content (AvgIpc) is 2.02. The molecule has 0 fully saturated rings. The zero-order valence-corrected chi connectivity index (χ0v) is 9.09. The van der Waals surface area contributed by atoms with E-state index in [0.29, 0.717) is 19.3 Å². The lowest BCUT2D eigenvalue weighted by Crippen LogP contribution is -2.14. The van der Waals surface area contributed by atoms with Gasteiger partial charge >= 0.3 is 0 Å². The van der Waals surface area contributed by atoms with Gasteiger partial charge in [-0.15, -0.1) is 0 Å². The Labute approximate surface area is 85.3 Å². The summed E-state index contributed by atoms with van der Waals surface area (Å²) in [5, 5.41) is 0. The van der Waals surface area contributed by atoms with Gasteiger partial charge in [-0.25, -0.2) is 6.57 Å². The summed E-state index contributed by atoms with van der Waals surface area (Å²) in [5.74, 6) is -0.0993. The van der Waals surface area contributed by atoms with Gasteiger partial charge < -0.3 is 4.85 Å². The van der Waals surface area contributed by atoms with Gasteiger partial charge in [0.25, 0.3) is 0 Å². The highest BCUT2D eigenvalue weighted by Gasteiger charge is 2.22. The van der Waals surface area contributed by atoms with E-state index in [1.807, 2.05) is 13.8 Å². The van der Waals surface area contributed by atoms with Gasteiger partial charge in [-0.2, -0.15) is 0 Å². The topological polar surface area (TPSA) is 38.5 Å². The SMILES string of the molecule is [C-]#[N+]C(C)(C)CCCC(=O)CC(C)=O. The van der Waals surface area contributed by atoms with Crippen LogP contribution in [-0.2, 0) is 9.59 Å². The maximum absolute atomic E-state index is 11.1. The molecular weight excluding hydrogens is 178 g/mol. The number of hydrogen-bond donors (Lipinski definition) is 0. The van der Waals surface area contributed by atoms with Crippen LogP contribution in [0.1, 0.15) is 46.5 Å². The fourth-order valence-corrected chi connectivity index (χ4v) is 1.14. The van der Waals surface area contributed by atoms with Crippen molar-refractivity contribution in [2.24, 2.45) is 0 Å². The maximum atomic E-state index is 11.1. The van der Waals surface area contributed by atoms with Crippen molar-refractivity contribution < 1.29 is 9.59 Å². The first kappa shape index (κ1) is 12.8. The second-order valence-corrected chi connectivity index (χ2v) is 4.20. The molecule has 0 saturated carbocycles. The molecule has 0 aliphatic rings. The first-order valence-corrected chi connectivity index (χ1v) is 4.77. The standard InChI is InChI=1S/C11H17NO2/c1-9(13)8-10(14)6-5-7-11(2,3)12-4/h5-8H2,1-3H3. The van der Waals surface area contributed by atoms with Crippen molar-refractivity contribution in [2.45, 2.75) is 52.0 Å². The highest BCUT2D eigenvalue weighted by Crippen LogP contribution is 2.17. The molecule has 0 saturated heterocycles. The highest BCUT2D eigenvalue weighted by atomic mass is 16.1. The van der Waals surface area contributed by atoms with Crippen LogP contribution in [0.3, 0.4) is 0 Å². The Balaban J connectivity index is 3.71.